The summed E-state index contributed by atoms with van der Waals surface area (Å²) in [6.07, 6.45) is 4.10. The van der Waals surface area contributed by atoms with Crippen LogP contribution in [0, 0.1) is 11.9 Å². The Bertz CT molecular complexity index is 1290. The second-order valence-electron chi connectivity index (χ2n) is 9.38. The molecule has 190 valence electrons. The van der Waals surface area contributed by atoms with Crippen molar-refractivity contribution >= 4 is 34.4 Å². The summed E-state index contributed by atoms with van der Waals surface area (Å²) in [4.78, 5) is 40.1. The number of nitrogens with zero attached hydrogens (tertiary/aromatic N) is 3. The summed E-state index contributed by atoms with van der Waals surface area (Å²) in [6, 6.07) is 2.58. The van der Waals surface area contributed by atoms with E-state index in [1.165, 1.54) is 24.7 Å². The van der Waals surface area contributed by atoms with Crippen LogP contribution in [-0.4, -0.2) is 56.7 Å². The van der Waals surface area contributed by atoms with Gasteiger partial charge in [-0.2, -0.15) is 4.39 Å². The van der Waals surface area contributed by atoms with Gasteiger partial charge in [-0.15, -0.1) is 0 Å². The minimum Gasteiger partial charge on any atom is -0.369 e. The van der Waals surface area contributed by atoms with Crippen LogP contribution in [0.3, 0.4) is 0 Å². The van der Waals surface area contributed by atoms with Crippen LogP contribution >= 0.6 is 0 Å². The molecule has 4 N–H and O–H groups in total. The van der Waals surface area contributed by atoms with Gasteiger partial charge in [0.15, 0.2) is 5.78 Å². The Labute approximate surface area is 204 Å². The minimum atomic E-state index is -2.66. The number of pyridine rings is 1. The molecule has 4 heterocycles. The van der Waals surface area contributed by atoms with Gasteiger partial charge < -0.3 is 20.9 Å². The lowest BCUT2D eigenvalue weighted by atomic mass is 9.92. The van der Waals surface area contributed by atoms with Gasteiger partial charge >= 0.3 is 0 Å². The Morgan fingerprint density at radius 3 is 2.69 bits per heavy atom. The number of alkyl halides is 2. The average Bonchev–Trinajstić information content (AvgIpc) is 3.29. The molecule has 1 saturated heterocycles. The van der Waals surface area contributed by atoms with Gasteiger partial charge in [0.05, 0.1) is 16.5 Å². The van der Waals surface area contributed by atoms with Crippen molar-refractivity contribution in [1.29, 1.82) is 0 Å². The zero-order valence-electron chi connectivity index (χ0n) is 19.4. The molecule has 1 aliphatic heterocycles. The summed E-state index contributed by atoms with van der Waals surface area (Å²) in [5, 5.41) is 9.42. The molecule has 3 aromatic rings. The number of piperidine rings is 1. The Hall–Kier alpha value is -3.70. The van der Waals surface area contributed by atoms with Crippen LogP contribution in [-0.2, 0) is 4.79 Å². The van der Waals surface area contributed by atoms with Crippen LogP contribution in [0.2, 0.25) is 0 Å². The van der Waals surface area contributed by atoms with Crippen molar-refractivity contribution in [2.75, 3.05) is 23.7 Å². The standard InChI is InChI=1S/C24H26F3N7O2/c25-21-15(1-2-17(34-21)33-14-3-6-24(26,27)7-4-14)20(36)16-11-30-23-19(16)22(31-12-32-23)29-10-13-5-8-28-18(35)9-13/h1-2,11-14H,3-10H2,(H,28,35)(H,33,34)(H2,29,30,31,32). The number of hydrogen-bond donors (Lipinski definition) is 4. The normalized spacial score (nSPS) is 20.2. The smallest absolute Gasteiger partial charge is 0.248 e. The quantitative estimate of drug-likeness (QED) is 0.288. The molecule has 0 bridgehead atoms. The number of aromatic nitrogens is 4. The first kappa shape index (κ1) is 24.0. The van der Waals surface area contributed by atoms with E-state index in [0.717, 1.165) is 6.42 Å². The molecule has 1 saturated carbocycles. The molecule has 2 fully saturated rings. The fourth-order valence-corrected chi connectivity index (χ4v) is 4.77. The van der Waals surface area contributed by atoms with Gasteiger partial charge in [-0.05, 0) is 37.3 Å². The number of hydrogen-bond acceptors (Lipinski definition) is 7. The molecule has 0 radical (unpaired) electrons. The van der Waals surface area contributed by atoms with Crippen LogP contribution in [0.4, 0.5) is 24.8 Å². The van der Waals surface area contributed by atoms with Crippen molar-refractivity contribution in [3.8, 4) is 0 Å². The minimum absolute atomic E-state index is 0.000679. The van der Waals surface area contributed by atoms with E-state index >= 15 is 0 Å². The monoisotopic (exact) mass is 501 g/mol. The summed E-state index contributed by atoms with van der Waals surface area (Å²) >= 11 is 0. The third-order valence-electron chi connectivity index (χ3n) is 6.78. The van der Waals surface area contributed by atoms with Crippen molar-refractivity contribution in [2.24, 2.45) is 5.92 Å². The first-order valence-electron chi connectivity index (χ1n) is 12.0. The molecular weight excluding hydrogens is 475 g/mol. The Balaban J connectivity index is 1.33. The van der Waals surface area contributed by atoms with Crippen molar-refractivity contribution in [2.45, 2.75) is 50.5 Å². The van der Waals surface area contributed by atoms with Crippen LogP contribution in [0.1, 0.15) is 54.4 Å². The number of carbonyl (C=O) groups excluding carboxylic acids is 2. The fraction of sp³-hybridized carbons (Fsp3) is 0.458. The first-order chi connectivity index (χ1) is 17.3. The summed E-state index contributed by atoms with van der Waals surface area (Å²) in [7, 11) is 0. The zero-order chi connectivity index (χ0) is 25.3. The van der Waals surface area contributed by atoms with E-state index in [1.54, 1.807) is 0 Å². The SMILES string of the molecule is O=C1CC(CNc2ncnc3[nH]cc(C(=O)c4ccc(NC5CCC(F)(F)CC5)nc4F)c23)CCN1. The topological polar surface area (TPSA) is 125 Å². The number of nitrogens with one attached hydrogen (secondary N) is 4. The van der Waals surface area contributed by atoms with E-state index < -0.39 is 17.7 Å². The average molecular weight is 502 g/mol. The fourth-order valence-electron chi connectivity index (χ4n) is 4.77. The van der Waals surface area contributed by atoms with Gasteiger partial charge in [0, 0.05) is 44.6 Å². The van der Waals surface area contributed by atoms with Gasteiger partial charge in [0.2, 0.25) is 17.8 Å². The highest BCUT2D eigenvalue weighted by Crippen LogP contribution is 2.34. The lowest BCUT2D eigenvalue weighted by molar-refractivity contribution is -0.123. The highest BCUT2D eigenvalue weighted by atomic mass is 19.3. The van der Waals surface area contributed by atoms with Gasteiger partial charge in [-0.3, -0.25) is 9.59 Å². The van der Waals surface area contributed by atoms with E-state index in [9.17, 15) is 22.8 Å². The molecule has 1 atom stereocenters. The van der Waals surface area contributed by atoms with E-state index in [4.69, 9.17) is 0 Å². The number of fused-ring (bicyclic) bond motifs is 1. The molecule has 0 spiro atoms. The van der Waals surface area contributed by atoms with E-state index in [-0.39, 0.29) is 60.5 Å². The second-order valence-corrected chi connectivity index (χ2v) is 9.38. The first-order valence-corrected chi connectivity index (χ1v) is 12.0. The molecule has 0 aromatic carbocycles. The Morgan fingerprint density at radius 1 is 1.14 bits per heavy atom. The number of anilines is 2. The third kappa shape index (κ3) is 5.12. The van der Waals surface area contributed by atoms with E-state index in [1.807, 2.05) is 0 Å². The van der Waals surface area contributed by atoms with Gasteiger partial charge in [-0.1, -0.05) is 0 Å². The van der Waals surface area contributed by atoms with Crippen molar-refractivity contribution in [3.05, 3.63) is 41.7 Å². The highest BCUT2D eigenvalue weighted by molar-refractivity contribution is 6.18. The maximum absolute atomic E-state index is 14.9. The Kier molecular flexibility index (Phi) is 6.50. The van der Waals surface area contributed by atoms with E-state index in [2.05, 4.69) is 35.9 Å². The highest BCUT2D eigenvalue weighted by Gasteiger charge is 2.35. The molecule has 12 heteroatoms. The molecule has 1 aliphatic carbocycles. The van der Waals surface area contributed by atoms with Crippen molar-refractivity contribution in [1.82, 2.24) is 25.3 Å². The zero-order valence-corrected chi connectivity index (χ0v) is 19.4. The number of aromatic amines is 1. The molecule has 1 amide bonds. The van der Waals surface area contributed by atoms with Crippen LogP contribution in [0.25, 0.3) is 11.0 Å². The number of halogens is 3. The maximum atomic E-state index is 14.9. The molecule has 3 aromatic heterocycles. The number of H-pyrrole nitrogens is 1. The maximum Gasteiger partial charge on any atom is 0.248 e. The van der Waals surface area contributed by atoms with Crippen molar-refractivity contribution < 1.29 is 22.8 Å². The summed E-state index contributed by atoms with van der Waals surface area (Å²) in [5.74, 6) is -3.48. The predicted molar refractivity (Wildman–Crippen MR) is 127 cm³/mol. The van der Waals surface area contributed by atoms with Crippen LogP contribution in [0.15, 0.2) is 24.7 Å². The van der Waals surface area contributed by atoms with Crippen molar-refractivity contribution in [3.63, 3.8) is 0 Å². The molecule has 36 heavy (non-hydrogen) atoms. The molecule has 9 nitrogen and oxygen atoms in total. The number of ketones is 1. The summed E-state index contributed by atoms with van der Waals surface area (Å²) in [6.45, 7) is 1.10. The van der Waals surface area contributed by atoms with Gasteiger partial charge in [-0.25, -0.2) is 23.7 Å². The largest absolute Gasteiger partial charge is 0.369 e. The molecular formula is C24H26F3N7O2. The lowest BCUT2D eigenvalue weighted by Gasteiger charge is -2.29. The third-order valence-corrected chi connectivity index (χ3v) is 6.78. The number of amides is 1. The summed E-state index contributed by atoms with van der Waals surface area (Å²) < 4.78 is 41.7. The van der Waals surface area contributed by atoms with Crippen LogP contribution < -0.4 is 16.0 Å². The molecule has 1 unspecified atom stereocenters. The summed E-state index contributed by atoms with van der Waals surface area (Å²) in [5.41, 5.74) is 0.374. The second kappa shape index (κ2) is 9.75. The number of rotatable bonds is 7. The van der Waals surface area contributed by atoms with Gasteiger partial charge in [0.1, 0.15) is 23.6 Å². The van der Waals surface area contributed by atoms with Crippen LogP contribution in [0.5, 0.6) is 0 Å². The molecule has 5 rings (SSSR count). The lowest BCUT2D eigenvalue weighted by Crippen LogP contribution is -2.36. The van der Waals surface area contributed by atoms with E-state index in [0.29, 0.717) is 36.4 Å². The Morgan fingerprint density at radius 2 is 1.94 bits per heavy atom. The molecule has 2 aliphatic rings. The number of carbonyl (C=O) groups is 2. The van der Waals surface area contributed by atoms with Gasteiger partial charge in [0.25, 0.3) is 0 Å². The predicted octanol–water partition coefficient (Wildman–Crippen LogP) is 3.65.